The third kappa shape index (κ3) is 9.81. The van der Waals surface area contributed by atoms with Crippen LogP contribution in [0.25, 0.3) is 10.6 Å². The predicted molar refractivity (Wildman–Crippen MR) is 183 cm³/mol. The third-order valence-corrected chi connectivity index (χ3v) is 7.73. The summed E-state index contributed by atoms with van der Waals surface area (Å²) < 4.78 is 43.2. The molecule has 6 N–H and O–H groups in total. The fraction of sp³-hybridized carbons (Fsp3) is 0.333. The molecule has 0 radical (unpaired) electrons. The van der Waals surface area contributed by atoms with Gasteiger partial charge in [0.05, 0.1) is 25.5 Å². The lowest BCUT2D eigenvalue weighted by molar-refractivity contribution is -0.141. The van der Waals surface area contributed by atoms with Crippen LogP contribution in [0.15, 0.2) is 77.9 Å². The number of fused-ring (bicyclic) bond motifs is 1. The molecule has 0 aliphatic carbocycles. The largest absolute Gasteiger partial charge is 0.433 e. The molecule has 1 atom stereocenters. The van der Waals surface area contributed by atoms with Gasteiger partial charge in [-0.3, -0.25) is 15.4 Å². The number of thiazole rings is 1. The number of halogens is 3. The average molecular weight is 671 g/mol. The number of pyridine rings is 1. The molecule has 252 valence electrons. The maximum absolute atomic E-state index is 12.6. The van der Waals surface area contributed by atoms with Gasteiger partial charge in [-0.25, -0.2) is 4.98 Å². The van der Waals surface area contributed by atoms with E-state index in [9.17, 15) is 13.2 Å². The predicted octanol–water partition coefficient (Wildman–Crippen LogP) is 6.56. The standard InChI is InChI=1S/C15H15N3.C14H14F3N5O2S.2C2H6/c16-14-10-17-13-9-5-4-8-12(13)15(18-14)11-6-2-1-3-7-11;15-14(16,17)9-2-1-8(7-20-9)12-21-10(11(18)24-19)13(25-12)22-3-5-23-6-4-22;2*1-2/h1-9,14,17H,10,16H2;1-2,7,18H,3-6,19H2;2*1-2H3. The second kappa shape index (κ2) is 18.1. The van der Waals surface area contributed by atoms with Crippen LogP contribution in [-0.2, 0) is 15.8 Å². The second-order valence-corrected chi connectivity index (χ2v) is 10.5. The quantitative estimate of drug-likeness (QED) is 0.108. The van der Waals surface area contributed by atoms with Crippen LogP contribution in [-0.4, -0.2) is 60.6 Å². The number of hydrogen-bond acceptors (Lipinski definition) is 11. The lowest BCUT2D eigenvalue weighted by Crippen LogP contribution is -2.36. The molecule has 4 heterocycles. The van der Waals surface area contributed by atoms with Gasteiger partial charge in [0.1, 0.15) is 21.9 Å². The van der Waals surface area contributed by atoms with Crippen LogP contribution in [0, 0.1) is 5.41 Å². The van der Waals surface area contributed by atoms with Crippen molar-refractivity contribution in [3.8, 4) is 10.6 Å². The minimum atomic E-state index is -4.50. The minimum absolute atomic E-state index is 0.215. The van der Waals surface area contributed by atoms with Gasteiger partial charge in [0.15, 0.2) is 5.69 Å². The zero-order valence-corrected chi connectivity index (χ0v) is 27.7. The van der Waals surface area contributed by atoms with Gasteiger partial charge in [-0.05, 0) is 18.2 Å². The number of aliphatic imine (C=N–C) groups is 1. The number of alkyl halides is 3. The molecule has 4 aromatic rings. The summed E-state index contributed by atoms with van der Waals surface area (Å²) in [7, 11) is 0. The average Bonchev–Trinajstić information content (AvgIpc) is 3.50. The SMILES string of the molecule is CC.CC.N=C(ON)c1nc(-c2ccc(C(F)(F)F)nc2)sc1N1CCOCC1.NC1CNc2ccccc2C(c2ccccc2)=N1. The Morgan fingerprint density at radius 2 is 1.64 bits per heavy atom. The number of benzene rings is 2. The Bertz CT molecular complexity index is 1580. The number of aromatic nitrogens is 2. The van der Waals surface area contributed by atoms with Crippen LogP contribution in [0.5, 0.6) is 0 Å². The fourth-order valence-electron chi connectivity index (χ4n) is 4.47. The number of ether oxygens (including phenoxy) is 1. The Morgan fingerprint density at radius 3 is 2.26 bits per heavy atom. The van der Waals surface area contributed by atoms with Gasteiger partial charge >= 0.3 is 6.18 Å². The Labute approximate surface area is 277 Å². The third-order valence-electron chi connectivity index (χ3n) is 6.57. The van der Waals surface area contributed by atoms with Crippen molar-refractivity contribution in [3.05, 3.63) is 95.4 Å². The van der Waals surface area contributed by atoms with Gasteiger partial charge in [0, 0.05) is 41.7 Å². The lowest BCUT2D eigenvalue weighted by Gasteiger charge is -2.27. The zero-order valence-electron chi connectivity index (χ0n) is 26.8. The Hall–Kier alpha value is -4.37. The summed E-state index contributed by atoms with van der Waals surface area (Å²) in [5.41, 5.74) is 9.94. The Kier molecular flexibility index (Phi) is 14.3. The van der Waals surface area contributed by atoms with Gasteiger partial charge in [-0.15, -0.1) is 0 Å². The van der Waals surface area contributed by atoms with E-state index in [1.807, 2.05) is 62.9 Å². The highest BCUT2D eigenvalue weighted by molar-refractivity contribution is 7.19. The molecule has 2 aliphatic heterocycles. The van der Waals surface area contributed by atoms with E-state index >= 15 is 0 Å². The number of nitrogens with two attached hydrogens (primary N) is 2. The van der Waals surface area contributed by atoms with Crippen molar-refractivity contribution in [2.24, 2.45) is 16.6 Å². The summed E-state index contributed by atoms with van der Waals surface area (Å²) in [6, 6.07) is 20.5. The summed E-state index contributed by atoms with van der Waals surface area (Å²) in [6.07, 6.45) is -3.60. The van der Waals surface area contributed by atoms with Gasteiger partial charge in [-0.1, -0.05) is 87.6 Å². The van der Waals surface area contributed by atoms with Crippen molar-refractivity contribution in [2.75, 3.05) is 43.1 Å². The smallest absolute Gasteiger partial charge is 0.389 e. The first-order chi connectivity index (χ1) is 22.7. The molecule has 1 unspecified atom stereocenters. The maximum atomic E-state index is 12.6. The monoisotopic (exact) mass is 670 g/mol. The molecule has 2 aromatic carbocycles. The van der Waals surface area contributed by atoms with Crippen molar-refractivity contribution in [2.45, 2.75) is 40.0 Å². The molecule has 47 heavy (non-hydrogen) atoms. The van der Waals surface area contributed by atoms with E-state index in [1.54, 1.807) is 0 Å². The number of nitrogens with one attached hydrogen (secondary N) is 2. The summed E-state index contributed by atoms with van der Waals surface area (Å²) in [6.45, 7) is 10.9. The van der Waals surface area contributed by atoms with Gasteiger partial charge in [-0.2, -0.15) is 19.1 Å². The van der Waals surface area contributed by atoms with E-state index in [2.05, 4.69) is 49.4 Å². The lowest BCUT2D eigenvalue weighted by atomic mass is 10.0. The van der Waals surface area contributed by atoms with Crippen LogP contribution in [0.2, 0.25) is 0 Å². The molecular weight excluding hydrogens is 629 g/mol. The van der Waals surface area contributed by atoms with E-state index in [1.165, 1.54) is 17.4 Å². The summed E-state index contributed by atoms with van der Waals surface area (Å²) in [4.78, 5) is 18.8. The topological polar surface area (TPSA) is 148 Å². The van der Waals surface area contributed by atoms with Gasteiger partial charge in [0.2, 0.25) is 0 Å². The number of para-hydroxylation sites is 1. The van der Waals surface area contributed by atoms with E-state index in [0.717, 1.165) is 34.8 Å². The maximum Gasteiger partial charge on any atom is 0.433 e. The number of morpholine rings is 1. The van der Waals surface area contributed by atoms with Crippen molar-refractivity contribution < 1.29 is 22.7 Å². The van der Waals surface area contributed by atoms with E-state index in [0.29, 0.717) is 48.4 Å². The van der Waals surface area contributed by atoms with Crippen molar-refractivity contribution in [1.29, 1.82) is 5.41 Å². The number of nitrogens with zero attached hydrogens (tertiary/aromatic N) is 4. The first-order valence-corrected chi connectivity index (χ1v) is 16.1. The van der Waals surface area contributed by atoms with Crippen molar-refractivity contribution in [3.63, 3.8) is 0 Å². The second-order valence-electron chi connectivity index (χ2n) is 9.49. The highest BCUT2D eigenvalue weighted by atomic mass is 32.1. The number of rotatable bonds is 4. The summed E-state index contributed by atoms with van der Waals surface area (Å²) in [5.74, 6) is 4.76. The van der Waals surface area contributed by atoms with Crippen LogP contribution in [0.4, 0.5) is 23.9 Å². The van der Waals surface area contributed by atoms with Gasteiger partial charge < -0.3 is 25.5 Å². The van der Waals surface area contributed by atoms with Gasteiger partial charge in [0.25, 0.3) is 5.90 Å². The molecule has 2 aliphatic rings. The Morgan fingerprint density at radius 1 is 0.979 bits per heavy atom. The first kappa shape index (κ1) is 37.1. The number of hydrogen-bond donors (Lipinski definition) is 4. The molecule has 2 aromatic heterocycles. The molecule has 0 amide bonds. The summed E-state index contributed by atoms with van der Waals surface area (Å²) in [5, 5.41) is 12.2. The molecule has 0 saturated carbocycles. The van der Waals surface area contributed by atoms with Crippen LogP contribution < -0.4 is 21.8 Å². The highest BCUT2D eigenvalue weighted by Gasteiger charge is 2.32. The zero-order chi connectivity index (χ0) is 34.4. The van der Waals surface area contributed by atoms with Crippen molar-refractivity contribution in [1.82, 2.24) is 9.97 Å². The normalized spacial score (nSPS) is 15.4. The van der Waals surface area contributed by atoms with Crippen LogP contribution in [0.1, 0.15) is 50.2 Å². The molecule has 10 nitrogen and oxygen atoms in total. The fourth-order valence-corrected chi connectivity index (χ4v) is 5.58. The molecule has 0 spiro atoms. The van der Waals surface area contributed by atoms with E-state index in [-0.39, 0.29) is 17.8 Å². The molecular formula is C33H41F3N8O2S. The Balaban J connectivity index is 0.000000240. The van der Waals surface area contributed by atoms with E-state index < -0.39 is 11.9 Å². The van der Waals surface area contributed by atoms with Crippen LogP contribution >= 0.6 is 11.3 Å². The van der Waals surface area contributed by atoms with E-state index in [4.69, 9.17) is 21.8 Å². The highest BCUT2D eigenvalue weighted by Crippen LogP contribution is 2.36. The minimum Gasteiger partial charge on any atom is -0.389 e. The molecule has 6 rings (SSSR count). The molecule has 1 fully saturated rings. The number of anilines is 2. The van der Waals surface area contributed by atoms with Crippen LogP contribution in [0.3, 0.4) is 0 Å². The van der Waals surface area contributed by atoms with Crippen molar-refractivity contribution >= 4 is 33.6 Å². The number of benzodiazepines with no additional fused rings is 1. The first-order valence-electron chi connectivity index (χ1n) is 15.3. The molecule has 1 saturated heterocycles. The molecule has 0 bridgehead atoms. The summed E-state index contributed by atoms with van der Waals surface area (Å²) >= 11 is 1.24. The molecule has 14 heteroatoms.